The van der Waals surface area contributed by atoms with E-state index in [1.165, 1.54) is 55.6 Å². The molecule has 6 aromatic rings. The Kier molecular flexibility index (Phi) is 4.50. The lowest BCUT2D eigenvalue weighted by atomic mass is 9.70. The van der Waals surface area contributed by atoms with Crippen molar-refractivity contribution < 1.29 is 0 Å². The van der Waals surface area contributed by atoms with Crippen LogP contribution >= 0.6 is 0 Å². The molecule has 0 saturated carbocycles. The summed E-state index contributed by atoms with van der Waals surface area (Å²) in [6.07, 6.45) is 0. The third kappa shape index (κ3) is 2.82. The zero-order valence-corrected chi connectivity index (χ0v) is 20.9. The second-order valence-electron chi connectivity index (χ2n) is 10.2. The van der Waals surface area contributed by atoms with Gasteiger partial charge in [0, 0.05) is 16.9 Å². The van der Waals surface area contributed by atoms with E-state index in [4.69, 9.17) is 0 Å². The Balaban J connectivity index is 1.35. The number of nitrogens with one attached hydrogen (secondary N) is 1. The molecule has 1 spiro atoms. The van der Waals surface area contributed by atoms with Crippen LogP contribution in [0.15, 0.2) is 146 Å². The number of anilines is 2. The lowest BCUT2D eigenvalue weighted by Gasteiger charge is -2.32. The maximum absolute atomic E-state index is 3.83. The summed E-state index contributed by atoms with van der Waals surface area (Å²) in [6, 6.07) is 52.9. The van der Waals surface area contributed by atoms with Crippen LogP contribution in [0, 0.1) is 0 Å². The number of fused-ring (bicyclic) bond motifs is 10. The fraction of sp³-hybridized carbons (Fsp3) is 0.0270. The van der Waals surface area contributed by atoms with Gasteiger partial charge in [-0.25, -0.2) is 0 Å². The molecule has 0 heterocycles. The standard InChI is InChI=1S/C37H25N/c1-2-11-25(12-3-1)26-21-23-27(24-22-26)38-35-20-10-16-31-30-15-6-9-19-34(30)37(36(31)35)32-17-7-4-13-28(32)29-14-5-8-18-33(29)37/h1-24,38H. The molecule has 6 aromatic carbocycles. The van der Waals surface area contributed by atoms with Gasteiger partial charge in [0.15, 0.2) is 0 Å². The van der Waals surface area contributed by atoms with Crippen molar-refractivity contribution in [1.82, 2.24) is 0 Å². The van der Waals surface area contributed by atoms with E-state index in [1.54, 1.807) is 0 Å². The van der Waals surface area contributed by atoms with Gasteiger partial charge < -0.3 is 5.32 Å². The predicted octanol–water partition coefficient (Wildman–Crippen LogP) is 9.44. The molecule has 0 atom stereocenters. The SMILES string of the molecule is c1ccc(-c2ccc(Nc3cccc4c3C3(c5ccccc5-c5ccccc53)c3ccccc3-4)cc2)cc1. The van der Waals surface area contributed by atoms with Crippen LogP contribution in [0.25, 0.3) is 33.4 Å². The topological polar surface area (TPSA) is 12.0 Å². The molecule has 8 rings (SSSR count). The molecule has 1 nitrogen and oxygen atoms in total. The molecule has 0 saturated heterocycles. The molecular formula is C37H25N. The Morgan fingerprint density at radius 1 is 0.368 bits per heavy atom. The summed E-state index contributed by atoms with van der Waals surface area (Å²) in [7, 11) is 0. The number of hydrogen-bond donors (Lipinski definition) is 1. The first kappa shape index (κ1) is 21.2. The molecule has 0 radical (unpaired) electrons. The maximum Gasteiger partial charge on any atom is 0.0745 e. The highest BCUT2D eigenvalue weighted by Crippen LogP contribution is 2.64. The summed E-state index contributed by atoms with van der Waals surface area (Å²) in [5.41, 5.74) is 15.0. The average molecular weight is 484 g/mol. The van der Waals surface area contributed by atoms with Gasteiger partial charge >= 0.3 is 0 Å². The first-order valence-corrected chi connectivity index (χ1v) is 13.2. The van der Waals surface area contributed by atoms with Crippen LogP contribution in [0.5, 0.6) is 0 Å². The Morgan fingerprint density at radius 3 is 1.45 bits per heavy atom. The number of hydrogen-bond acceptors (Lipinski definition) is 1. The van der Waals surface area contributed by atoms with Gasteiger partial charge in [-0.3, -0.25) is 0 Å². The van der Waals surface area contributed by atoms with E-state index in [9.17, 15) is 0 Å². The van der Waals surface area contributed by atoms with Crippen molar-refractivity contribution in [2.75, 3.05) is 5.32 Å². The lowest BCUT2D eigenvalue weighted by Crippen LogP contribution is -2.26. The lowest BCUT2D eigenvalue weighted by molar-refractivity contribution is 0.796. The molecule has 0 unspecified atom stereocenters. The van der Waals surface area contributed by atoms with Crippen LogP contribution in [0.3, 0.4) is 0 Å². The Bertz CT molecular complexity index is 1770. The van der Waals surface area contributed by atoms with Crippen LogP contribution in [0.2, 0.25) is 0 Å². The molecule has 1 N–H and O–H groups in total. The molecule has 38 heavy (non-hydrogen) atoms. The minimum Gasteiger partial charge on any atom is -0.355 e. The minimum absolute atomic E-state index is 0.354. The van der Waals surface area contributed by atoms with E-state index in [1.807, 2.05) is 0 Å². The molecule has 0 aliphatic heterocycles. The second kappa shape index (κ2) is 8.06. The molecule has 2 aliphatic carbocycles. The largest absolute Gasteiger partial charge is 0.355 e. The molecule has 0 amide bonds. The van der Waals surface area contributed by atoms with Crippen molar-refractivity contribution in [2.24, 2.45) is 0 Å². The summed E-state index contributed by atoms with van der Waals surface area (Å²) in [5, 5.41) is 3.83. The summed E-state index contributed by atoms with van der Waals surface area (Å²) >= 11 is 0. The van der Waals surface area contributed by atoms with Crippen LogP contribution in [-0.4, -0.2) is 0 Å². The minimum atomic E-state index is -0.354. The highest BCUT2D eigenvalue weighted by Gasteiger charge is 2.52. The van der Waals surface area contributed by atoms with Crippen LogP contribution in [0.1, 0.15) is 22.3 Å². The third-order valence-electron chi connectivity index (χ3n) is 8.28. The van der Waals surface area contributed by atoms with E-state index in [2.05, 4.69) is 151 Å². The highest BCUT2D eigenvalue weighted by molar-refractivity contribution is 5.98. The van der Waals surface area contributed by atoms with Crippen molar-refractivity contribution in [2.45, 2.75) is 5.41 Å². The zero-order valence-electron chi connectivity index (χ0n) is 20.9. The maximum atomic E-state index is 3.83. The fourth-order valence-electron chi connectivity index (χ4n) is 6.79. The van der Waals surface area contributed by atoms with Crippen LogP contribution in [-0.2, 0) is 5.41 Å². The van der Waals surface area contributed by atoms with Gasteiger partial charge in [0.25, 0.3) is 0 Å². The van der Waals surface area contributed by atoms with Crippen molar-refractivity contribution in [3.63, 3.8) is 0 Å². The van der Waals surface area contributed by atoms with Crippen molar-refractivity contribution >= 4 is 11.4 Å². The van der Waals surface area contributed by atoms with E-state index in [-0.39, 0.29) is 5.41 Å². The van der Waals surface area contributed by atoms with E-state index in [0.717, 1.165) is 11.4 Å². The normalized spacial score (nSPS) is 13.5. The Morgan fingerprint density at radius 2 is 0.842 bits per heavy atom. The molecular weight excluding hydrogens is 458 g/mol. The first-order valence-electron chi connectivity index (χ1n) is 13.2. The average Bonchev–Trinajstić information content (AvgIpc) is 3.46. The highest BCUT2D eigenvalue weighted by atomic mass is 14.9. The van der Waals surface area contributed by atoms with Gasteiger partial charge in [0.05, 0.1) is 5.41 Å². The molecule has 0 fully saturated rings. The Hall–Kier alpha value is -4.88. The van der Waals surface area contributed by atoms with Gasteiger partial charge in [-0.15, -0.1) is 0 Å². The predicted molar refractivity (Wildman–Crippen MR) is 158 cm³/mol. The monoisotopic (exact) mass is 483 g/mol. The van der Waals surface area contributed by atoms with Gasteiger partial charge in [-0.05, 0) is 68.3 Å². The molecule has 0 bridgehead atoms. The van der Waals surface area contributed by atoms with E-state index in [0.29, 0.717) is 0 Å². The number of benzene rings is 6. The zero-order chi connectivity index (χ0) is 25.1. The molecule has 178 valence electrons. The van der Waals surface area contributed by atoms with E-state index >= 15 is 0 Å². The van der Waals surface area contributed by atoms with Gasteiger partial charge in [0.2, 0.25) is 0 Å². The van der Waals surface area contributed by atoms with Gasteiger partial charge in [-0.1, -0.05) is 127 Å². The smallest absolute Gasteiger partial charge is 0.0745 e. The van der Waals surface area contributed by atoms with Gasteiger partial charge in [-0.2, -0.15) is 0 Å². The third-order valence-corrected chi connectivity index (χ3v) is 8.28. The Labute approximate surface area is 223 Å². The van der Waals surface area contributed by atoms with Crippen molar-refractivity contribution in [3.05, 3.63) is 168 Å². The molecule has 0 aromatic heterocycles. The molecule has 2 aliphatic rings. The number of rotatable bonds is 3. The first-order chi connectivity index (χ1) is 18.9. The quantitative estimate of drug-likeness (QED) is 0.264. The summed E-state index contributed by atoms with van der Waals surface area (Å²) < 4.78 is 0. The summed E-state index contributed by atoms with van der Waals surface area (Å²) in [6.45, 7) is 0. The van der Waals surface area contributed by atoms with Gasteiger partial charge in [0.1, 0.15) is 0 Å². The summed E-state index contributed by atoms with van der Waals surface area (Å²) in [4.78, 5) is 0. The van der Waals surface area contributed by atoms with E-state index < -0.39 is 0 Å². The van der Waals surface area contributed by atoms with Crippen molar-refractivity contribution in [3.8, 4) is 33.4 Å². The van der Waals surface area contributed by atoms with Crippen LogP contribution in [0.4, 0.5) is 11.4 Å². The summed E-state index contributed by atoms with van der Waals surface area (Å²) in [5.74, 6) is 0. The van der Waals surface area contributed by atoms with Crippen LogP contribution < -0.4 is 5.32 Å². The van der Waals surface area contributed by atoms with Crippen molar-refractivity contribution in [1.29, 1.82) is 0 Å². The second-order valence-corrected chi connectivity index (χ2v) is 10.2. The fourth-order valence-corrected chi connectivity index (χ4v) is 6.79. The molecule has 1 heteroatoms.